The van der Waals surface area contributed by atoms with E-state index in [4.69, 9.17) is 22.2 Å². The molecule has 11 heteroatoms. The summed E-state index contributed by atoms with van der Waals surface area (Å²) in [5.74, 6) is -1.69. The molecule has 1 aromatic carbocycles. The van der Waals surface area contributed by atoms with Crippen LogP contribution in [0.3, 0.4) is 0 Å². The van der Waals surface area contributed by atoms with Crippen molar-refractivity contribution >= 4 is 17.4 Å². The van der Waals surface area contributed by atoms with E-state index in [-0.39, 0.29) is 22.1 Å². The molecule has 1 unspecified atom stereocenters. The van der Waals surface area contributed by atoms with Gasteiger partial charge < -0.3 is 10.1 Å². The number of aromatic nitrogens is 5. The third kappa shape index (κ3) is 3.35. The van der Waals surface area contributed by atoms with E-state index in [1.165, 1.54) is 19.5 Å². The molecular weight excluding hydrogens is 364 g/mol. The summed E-state index contributed by atoms with van der Waals surface area (Å²) in [5, 5.41) is 21.6. The number of thiocarbonyl (C=S) groups is 1. The summed E-state index contributed by atoms with van der Waals surface area (Å²) in [6, 6.07) is 3.29. The Kier molecular flexibility index (Phi) is 4.85. The Morgan fingerprint density at radius 2 is 2.15 bits per heavy atom. The van der Waals surface area contributed by atoms with Crippen molar-refractivity contribution in [3.05, 3.63) is 59.4 Å². The van der Waals surface area contributed by atoms with Gasteiger partial charge in [-0.15, -0.1) is 5.10 Å². The highest BCUT2D eigenvalue weighted by atomic mass is 32.1. The molecule has 0 bridgehead atoms. The molecule has 2 heterocycles. The summed E-state index contributed by atoms with van der Waals surface area (Å²) in [6.45, 7) is 0. The number of imidazole rings is 1. The molecule has 0 aliphatic heterocycles. The topological polar surface area (TPSA) is 104 Å². The van der Waals surface area contributed by atoms with Gasteiger partial charge in [0.25, 0.3) is 5.17 Å². The van der Waals surface area contributed by atoms with Crippen LogP contribution >= 0.6 is 12.2 Å². The molecule has 0 spiro atoms. The van der Waals surface area contributed by atoms with Crippen molar-refractivity contribution in [2.45, 2.75) is 6.04 Å². The summed E-state index contributed by atoms with van der Waals surface area (Å²) in [4.78, 5) is 3.74. The third-order valence-corrected chi connectivity index (χ3v) is 3.79. The van der Waals surface area contributed by atoms with Crippen LogP contribution in [-0.2, 0) is 4.74 Å². The number of nitriles is 1. The van der Waals surface area contributed by atoms with E-state index in [1.54, 1.807) is 6.07 Å². The van der Waals surface area contributed by atoms with Crippen molar-refractivity contribution in [2.24, 2.45) is 0 Å². The maximum absolute atomic E-state index is 14.6. The minimum Gasteiger partial charge on any atom is -0.474 e. The summed E-state index contributed by atoms with van der Waals surface area (Å²) >= 11 is 4.97. The van der Waals surface area contributed by atoms with E-state index in [9.17, 15) is 8.78 Å². The van der Waals surface area contributed by atoms with E-state index < -0.39 is 17.7 Å². The summed E-state index contributed by atoms with van der Waals surface area (Å²) in [5.41, 5.74) is 0.277. The standard InChI is InChI=1S/C15H11F2N7OS/c1-25-15(26)21-13(12-5-20-23-22-12)8-2-10(16)14(11(17)3-8)24-6-9(4-18)19-7-24/h2-3,5-7,13H,1H3,(H,21,26)(H,20,22,23). The SMILES string of the molecule is COC(=S)NC(c1cc(F)c(-n2cnc(C#N)c2)c(F)c1)c1c[nH]nn1. The molecule has 0 saturated heterocycles. The Balaban J connectivity index is 2.04. The maximum Gasteiger partial charge on any atom is 0.257 e. The molecule has 3 aromatic rings. The molecule has 3 rings (SSSR count). The van der Waals surface area contributed by atoms with E-state index in [0.29, 0.717) is 5.69 Å². The highest BCUT2D eigenvalue weighted by molar-refractivity contribution is 7.80. The molecule has 2 aromatic heterocycles. The van der Waals surface area contributed by atoms with Gasteiger partial charge in [0.15, 0.2) is 17.3 Å². The lowest BCUT2D eigenvalue weighted by Gasteiger charge is -2.19. The summed E-state index contributed by atoms with van der Waals surface area (Å²) < 4.78 is 35.3. The molecule has 0 saturated carbocycles. The summed E-state index contributed by atoms with van der Waals surface area (Å²) in [7, 11) is 1.37. The van der Waals surface area contributed by atoms with Gasteiger partial charge in [0.1, 0.15) is 29.8 Å². The third-order valence-electron chi connectivity index (χ3n) is 3.51. The highest BCUT2D eigenvalue weighted by Gasteiger charge is 2.23. The molecule has 8 nitrogen and oxygen atoms in total. The molecule has 26 heavy (non-hydrogen) atoms. The van der Waals surface area contributed by atoms with Crippen LogP contribution in [0, 0.1) is 23.0 Å². The Morgan fingerprint density at radius 1 is 1.42 bits per heavy atom. The average molecular weight is 375 g/mol. The smallest absolute Gasteiger partial charge is 0.257 e. The van der Waals surface area contributed by atoms with Crippen molar-refractivity contribution < 1.29 is 13.5 Å². The first-order chi connectivity index (χ1) is 12.5. The lowest BCUT2D eigenvalue weighted by atomic mass is 10.0. The Labute approximate surface area is 151 Å². The van der Waals surface area contributed by atoms with Crippen LogP contribution in [0.1, 0.15) is 23.0 Å². The van der Waals surface area contributed by atoms with E-state index in [1.807, 2.05) is 0 Å². The quantitative estimate of drug-likeness (QED) is 0.670. The molecular formula is C15H11F2N7OS. The fourth-order valence-corrected chi connectivity index (χ4v) is 2.48. The average Bonchev–Trinajstić information content (AvgIpc) is 3.30. The second kappa shape index (κ2) is 7.24. The largest absolute Gasteiger partial charge is 0.474 e. The lowest BCUT2D eigenvalue weighted by Crippen LogP contribution is -2.29. The molecule has 0 radical (unpaired) electrons. The number of ether oxygens (including phenoxy) is 1. The Morgan fingerprint density at radius 3 is 2.69 bits per heavy atom. The van der Waals surface area contributed by atoms with Gasteiger partial charge in [-0.2, -0.15) is 5.26 Å². The van der Waals surface area contributed by atoms with E-state index in [2.05, 4.69) is 25.7 Å². The van der Waals surface area contributed by atoms with Crippen molar-refractivity contribution in [1.82, 2.24) is 30.3 Å². The molecule has 0 aliphatic carbocycles. The second-order valence-corrected chi connectivity index (χ2v) is 5.45. The maximum atomic E-state index is 14.6. The molecule has 1 atom stereocenters. The van der Waals surface area contributed by atoms with Gasteiger partial charge in [-0.05, 0) is 29.9 Å². The van der Waals surface area contributed by atoms with Crippen LogP contribution in [0.4, 0.5) is 8.78 Å². The van der Waals surface area contributed by atoms with Gasteiger partial charge >= 0.3 is 0 Å². The number of hydrogen-bond donors (Lipinski definition) is 2. The van der Waals surface area contributed by atoms with Crippen LogP contribution < -0.4 is 5.32 Å². The van der Waals surface area contributed by atoms with Crippen LogP contribution in [-0.4, -0.2) is 37.2 Å². The number of hydrogen-bond acceptors (Lipinski definition) is 6. The first-order valence-electron chi connectivity index (χ1n) is 7.17. The zero-order valence-corrected chi connectivity index (χ0v) is 14.1. The van der Waals surface area contributed by atoms with E-state index >= 15 is 0 Å². The van der Waals surface area contributed by atoms with Crippen LogP contribution in [0.2, 0.25) is 0 Å². The minimum atomic E-state index is -0.847. The van der Waals surface area contributed by atoms with Gasteiger partial charge in [-0.3, -0.25) is 9.67 Å². The normalized spacial score (nSPS) is 11.6. The Bertz CT molecular complexity index is 957. The van der Waals surface area contributed by atoms with Crippen molar-refractivity contribution in [3.63, 3.8) is 0 Å². The molecule has 132 valence electrons. The fourth-order valence-electron chi connectivity index (χ4n) is 2.36. The minimum absolute atomic E-state index is 0.0242. The first-order valence-corrected chi connectivity index (χ1v) is 7.58. The predicted molar refractivity (Wildman–Crippen MR) is 89.2 cm³/mol. The second-order valence-electron chi connectivity index (χ2n) is 5.08. The molecule has 0 amide bonds. The molecule has 2 N–H and O–H groups in total. The number of benzene rings is 1. The number of H-pyrrole nitrogens is 1. The number of nitrogens with zero attached hydrogens (tertiary/aromatic N) is 5. The number of nitrogens with one attached hydrogen (secondary N) is 2. The van der Waals surface area contributed by atoms with E-state index in [0.717, 1.165) is 23.0 Å². The van der Waals surface area contributed by atoms with Crippen molar-refractivity contribution in [3.8, 4) is 11.8 Å². The van der Waals surface area contributed by atoms with Gasteiger partial charge in [0.2, 0.25) is 0 Å². The van der Waals surface area contributed by atoms with Crippen molar-refractivity contribution in [2.75, 3.05) is 7.11 Å². The van der Waals surface area contributed by atoms with Gasteiger partial charge in [-0.1, -0.05) is 5.21 Å². The Hall–Kier alpha value is -3.39. The van der Waals surface area contributed by atoms with Gasteiger partial charge in [0, 0.05) is 12.4 Å². The number of halogens is 2. The zero-order valence-electron chi connectivity index (χ0n) is 13.3. The predicted octanol–water partition coefficient (Wildman–Crippen LogP) is 1.75. The lowest BCUT2D eigenvalue weighted by molar-refractivity contribution is 0.386. The van der Waals surface area contributed by atoms with Gasteiger partial charge in [0.05, 0.1) is 7.11 Å². The summed E-state index contributed by atoms with van der Waals surface area (Å²) in [6.07, 6.45) is 3.86. The molecule has 0 aliphatic rings. The zero-order chi connectivity index (χ0) is 18.7. The van der Waals surface area contributed by atoms with Crippen LogP contribution in [0.15, 0.2) is 30.9 Å². The fraction of sp³-hybridized carbons (Fsp3) is 0.133. The number of methoxy groups -OCH3 is 1. The van der Waals surface area contributed by atoms with Gasteiger partial charge in [-0.25, -0.2) is 13.8 Å². The monoisotopic (exact) mass is 375 g/mol. The van der Waals surface area contributed by atoms with Crippen LogP contribution in [0.25, 0.3) is 5.69 Å². The first kappa shape index (κ1) is 17.4. The van der Waals surface area contributed by atoms with Crippen LogP contribution in [0.5, 0.6) is 0 Å². The number of rotatable bonds is 4. The highest BCUT2D eigenvalue weighted by Crippen LogP contribution is 2.26. The molecule has 0 fully saturated rings. The number of aromatic amines is 1. The van der Waals surface area contributed by atoms with Crippen molar-refractivity contribution in [1.29, 1.82) is 5.26 Å².